The SMILES string of the molecule is C[n+]1ccc(-c2cc[n+](CCCOC(=O)CCc3cc(-n4nc5ccccc5n4)c(O)c(C(C)(C)C)c3)cc2)cc1. The number of carbonyl (C=O) groups excluding carboxylic acids is 1. The third-order valence-corrected chi connectivity index (χ3v) is 7.10. The molecule has 0 atom stereocenters. The van der Waals surface area contributed by atoms with Crippen LogP contribution < -0.4 is 9.13 Å². The Balaban J connectivity index is 1.17. The number of phenols is 1. The van der Waals surface area contributed by atoms with E-state index in [2.05, 4.69) is 51.4 Å². The molecule has 210 valence electrons. The topological polar surface area (TPSA) is 85.0 Å². The van der Waals surface area contributed by atoms with Crippen LogP contribution in [0.4, 0.5) is 0 Å². The number of ether oxygens (including phenoxy) is 1. The van der Waals surface area contributed by atoms with Crippen LogP contribution in [0.25, 0.3) is 27.8 Å². The maximum absolute atomic E-state index is 12.6. The van der Waals surface area contributed by atoms with E-state index in [1.54, 1.807) is 0 Å². The Morgan fingerprint density at radius 2 is 1.54 bits per heavy atom. The fourth-order valence-corrected chi connectivity index (χ4v) is 4.76. The largest absolute Gasteiger partial charge is 0.505 e. The Hall–Kier alpha value is -4.59. The normalized spacial score (nSPS) is 11.6. The van der Waals surface area contributed by atoms with E-state index in [-0.39, 0.29) is 23.6 Å². The van der Waals surface area contributed by atoms with Crippen molar-refractivity contribution >= 4 is 17.0 Å². The van der Waals surface area contributed by atoms with Crippen LogP contribution in [0.3, 0.4) is 0 Å². The maximum atomic E-state index is 12.6. The molecule has 0 aliphatic carbocycles. The number of aromatic nitrogens is 5. The summed E-state index contributed by atoms with van der Waals surface area (Å²) in [6, 6.07) is 19.8. The average Bonchev–Trinajstić information content (AvgIpc) is 3.39. The zero-order valence-corrected chi connectivity index (χ0v) is 24.1. The highest BCUT2D eigenvalue weighted by atomic mass is 16.5. The van der Waals surface area contributed by atoms with Gasteiger partial charge in [0.1, 0.15) is 29.5 Å². The van der Waals surface area contributed by atoms with E-state index in [9.17, 15) is 9.90 Å². The number of phenolic OH excluding ortho intramolecular Hbond substituents is 1. The van der Waals surface area contributed by atoms with Crippen LogP contribution in [-0.2, 0) is 35.0 Å². The molecule has 0 spiro atoms. The van der Waals surface area contributed by atoms with Crippen LogP contribution in [-0.4, -0.2) is 32.7 Å². The quantitative estimate of drug-likeness (QED) is 0.162. The fraction of sp³-hybridized carbons (Fsp3) is 0.303. The summed E-state index contributed by atoms with van der Waals surface area (Å²) >= 11 is 0. The molecule has 1 N–H and O–H groups in total. The first-order valence-corrected chi connectivity index (χ1v) is 14.0. The minimum Gasteiger partial charge on any atom is -0.505 e. The molecule has 0 saturated carbocycles. The van der Waals surface area contributed by atoms with Crippen molar-refractivity contribution < 1.29 is 23.8 Å². The standard InChI is InChI=1S/C33H36N5O3/c1-33(2,3)27-22-24(23-30(32(27)40)38-34-28-8-5-6-9-29(28)35-38)10-11-31(39)41-21-7-16-37-19-14-26(15-20-37)25-12-17-36(4)18-13-25/h5-6,8-9,12-15,17-20,22-23H,7,10-11,16,21H2,1-4H3/q+1/p+1. The van der Waals surface area contributed by atoms with Crippen molar-refractivity contribution in [3.05, 3.63) is 96.6 Å². The molecule has 0 aliphatic heterocycles. The molecule has 0 saturated heterocycles. The third-order valence-electron chi connectivity index (χ3n) is 7.10. The Morgan fingerprint density at radius 3 is 2.15 bits per heavy atom. The molecule has 5 aromatic rings. The van der Waals surface area contributed by atoms with Gasteiger partial charge in [-0.1, -0.05) is 39.0 Å². The molecule has 3 heterocycles. The van der Waals surface area contributed by atoms with Gasteiger partial charge in [-0.2, -0.15) is 0 Å². The second-order valence-electron chi connectivity index (χ2n) is 11.4. The number of hydrogen-bond donors (Lipinski definition) is 1. The number of nitrogens with zero attached hydrogens (tertiary/aromatic N) is 5. The van der Waals surface area contributed by atoms with Crippen LogP contribution in [0.5, 0.6) is 5.75 Å². The predicted octanol–water partition coefficient (Wildman–Crippen LogP) is 4.77. The molecular formula is C33H37N5O3+2. The van der Waals surface area contributed by atoms with Crippen LogP contribution in [0, 0.1) is 0 Å². The summed E-state index contributed by atoms with van der Waals surface area (Å²) < 4.78 is 9.64. The molecule has 0 fully saturated rings. The number of pyridine rings is 2. The second-order valence-corrected chi connectivity index (χ2v) is 11.4. The Bertz CT molecular complexity index is 1620. The van der Waals surface area contributed by atoms with Gasteiger partial charge in [0.05, 0.1) is 6.61 Å². The minimum atomic E-state index is -0.309. The lowest BCUT2D eigenvalue weighted by Gasteiger charge is -2.23. The lowest BCUT2D eigenvalue weighted by Crippen LogP contribution is -2.33. The highest BCUT2D eigenvalue weighted by Crippen LogP contribution is 2.36. The molecule has 0 bridgehead atoms. The van der Waals surface area contributed by atoms with Crippen molar-refractivity contribution in [3.8, 4) is 22.6 Å². The van der Waals surface area contributed by atoms with Crippen LogP contribution >= 0.6 is 0 Å². The van der Waals surface area contributed by atoms with Crippen molar-refractivity contribution in [2.24, 2.45) is 7.05 Å². The zero-order valence-electron chi connectivity index (χ0n) is 24.1. The highest BCUT2D eigenvalue weighted by molar-refractivity contribution is 5.74. The van der Waals surface area contributed by atoms with E-state index in [4.69, 9.17) is 4.74 Å². The van der Waals surface area contributed by atoms with E-state index in [1.807, 2.05) is 81.2 Å². The molecule has 0 aliphatic rings. The molecule has 3 aromatic heterocycles. The first-order valence-electron chi connectivity index (χ1n) is 14.0. The first-order chi connectivity index (χ1) is 19.7. The highest BCUT2D eigenvalue weighted by Gasteiger charge is 2.23. The number of rotatable bonds is 9. The van der Waals surface area contributed by atoms with Gasteiger partial charge >= 0.3 is 5.97 Å². The van der Waals surface area contributed by atoms with Crippen molar-refractivity contribution in [3.63, 3.8) is 0 Å². The number of carbonyl (C=O) groups is 1. The van der Waals surface area contributed by atoms with Crippen LogP contribution in [0.2, 0.25) is 0 Å². The van der Waals surface area contributed by atoms with Crippen LogP contribution in [0.15, 0.2) is 85.5 Å². The minimum absolute atomic E-state index is 0.146. The van der Waals surface area contributed by atoms with Gasteiger partial charge in [0.25, 0.3) is 0 Å². The fourth-order valence-electron chi connectivity index (χ4n) is 4.76. The van der Waals surface area contributed by atoms with E-state index < -0.39 is 0 Å². The summed E-state index contributed by atoms with van der Waals surface area (Å²) in [6.07, 6.45) is 9.64. The molecule has 8 heteroatoms. The average molecular weight is 552 g/mol. The predicted molar refractivity (Wildman–Crippen MR) is 156 cm³/mol. The summed E-state index contributed by atoms with van der Waals surface area (Å²) in [5.74, 6) is -0.0926. The van der Waals surface area contributed by atoms with Gasteiger partial charge in [0, 0.05) is 42.7 Å². The Kier molecular flexibility index (Phi) is 8.10. The van der Waals surface area contributed by atoms with Gasteiger partial charge in [0.2, 0.25) is 0 Å². The van der Waals surface area contributed by atoms with E-state index in [0.717, 1.165) is 40.7 Å². The lowest BCUT2D eigenvalue weighted by atomic mass is 9.84. The number of benzene rings is 2. The Morgan fingerprint density at radius 1 is 0.927 bits per heavy atom. The van der Waals surface area contributed by atoms with Crippen molar-refractivity contribution in [2.45, 2.75) is 52.0 Å². The van der Waals surface area contributed by atoms with Crippen molar-refractivity contribution in [1.82, 2.24) is 15.0 Å². The number of aromatic hydroxyl groups is 1. The molecular weight excluding hydrogens is 514 g/mol. The van der Waals surface area contributed by atoms with E-state index in [0.29, 0.717) is 18.7 Å². The Labute approximate surface area is 240 Å². The van der Waals surface area contributed by atoms with Gasteiger partial charge in [-0.25, -0.2) is 9.13 Å². The molecule has 0 amide bonds. The number of aryl methyl sites for hydroxylation is 3. The van der Waals surface area contributed by atoms with Crippen molar-refractivity contribution in [1.29, 1.82) is 0 Å². The van der Waals surface area contributed by atoms with Gasteiger partial charge < -0.3 is 9.84 Å². The molecule has 0 radical (unpaired) electrons. The molecule has 8 nitrogen and oxygen atoms in total. The summed E-state index contributed by atoms with van der Waals surface area (Å²) in [6.45, 7) is 7.26. The monoisotopic (exact) mass is 551 g/mol. The maximum Gasteiger partial charge on any atom is 0.306 e. The first kappa shape index (κ1) is 28.0. The summed E-state index contributed by atoms with van der Waals surface area (Å²) in [7, 11) is 2.00. The van der Waals surface area contributed by atoms with Gasteiger partial charge in [-0.3, -0.25) is 4.79 Å². The number of hydrogen-bond acceptors (Lipinski definition) is 5. The van der Waals surface area contributed by atoms with Crippen LogP contribution in [0.1, 0.15) is 44.7 Å². The van der Waals surface area contributed by atoms with Gasteiger partial charge in [-0.05, 0) is 46.7 Å². The van der Waals surface area contributed by atoms with Crippen molar-refractivity contribution in [2.75, 3.05) is 6.61 Å². The van der Waals surface area contributed by atoms with E-state index in [1.165, 1.54) is 10.4 Å². The zero-order chi connectivity index (χ0) is 29.0. The molecule has 5 rings (SSSR count). The third kappa shape index (κ3) is 6.77. The van der Waals surface area contributed by atoms with Gasteiger partial charge in [0.15, 0.2) is 31.3 Å². The van der Waals surface area contributed by atoms with E-state index >= 15 is 0 Å². The molecule has 0 unspecified atom stereocenters. The smallest absolute Gasteiger partial charge is 0.306 e. The van der Waals surface area contributed by atoms with Gasteiger partial charge in [-0.15, -0.1) is 15.0 Å². The molecule has 41 heavy (non-hydrogen) atoms. The summed E-state index contributed by atoms with van der Waals surface area (Å²) in [5.41, 5.74) is 5.73. The number of fused-ring (bicyclic) bond motifs is 1. The number of esters is 1. The second kappa shape index (κ2) is 11.9. The summed E-state index contributed by atoms with van der Waals surface area (Å²) in [4.78, 5) is 14.0. The summed E-state index contributed by atoms with van der Waals surface area (Å²) in [5, 5.41) is 20.2. The molecule has 2 aromatic carbocycles. The lowest BCUT2D eigenvalue weighted by molar-refractivity contribution is -0.697.